The van der Waals surface area contributed by atoms with E-state index >= 15 is 0 Å². The van der Waals surface area contributed by atoms with Gasteiger partial charge in [0.15, 0.2) is 11.6 Å². The molecule has 0 radical (unpaired) electrons. The third-order valence-corrected chi connectivity index (χ3v) is 4.89. The summed E-state index contributed by atoms with van der Waals surface area (Å²) in [5, 5.41) is 2.55. The lowest BCUT2D eigenvalue weighted by Crippen LogP contribution is -2.46. The van der Waals surface area contributed by atoms with Crippen molar-refractivity contribution in [1.29, 1.82) is 0 Å². The fraction of sp³-hybridized carbons (Fsp3) is 0.350. The number of rotatable bonds is 3. The molecule has 0 saturated carbocycles. The molecule has 0 spiro atoms. The van der Waals surface area contributed by atoms with Crippen molar-refractivity contribution >= 4 is 23.3 Å². The van der Waals surface area contributed by atoms with Gasteiger partial charge >= 0.3 is 11.8 Å². The molecule has 2 heterocycles. The number of nitrogen functional groups attached to an aromatic ring is 1. The first kappa shape index (κ1) is 19.6. The molecule has 3 rings (SSSR count). The van der Waals surface area contributed by atoms with Crippen LogP contribution in [0, 0.1) is 11.7 Å². The molecule has 2 amide bonds. The number of nitrogens with one attached hydrogen (secondary N) is 1. The summed E-state index contributed by atoms with van der Waals surface area (Å²) in [4.78, 5) is 30.9. The number of methoxy groups -OCH3 is 1. The smallest absolute Gasteiger partial charge is 0.313 e. The van der Waals surface area contributed by atoms with E-state index in [1.807, 2.05) is 6.92 Å². The fourth-order valence-corrected chi connectivity index (χ4v) is 3.41. The average molecular weight is 386 g/mol. The second-order valence-electron chi connectivity index (χ2n) is 6.97. The highest BCUT2D eigenvalue weighted by Crippen LogP contribution is 2.33. The van der Waals surface area contributed by atoms with Crippen LogP contribution in [-0.4, -0.2) is 35.4 Å². The van der Waals surface area contributed by atoms with E-state index in [4.69, 9.17) is 10.5 Å². The van der Waals surface area contributed by atoms with Gasteiger partial charge in [-0.15, -0.1) is 0 Å². The van der Waals surface area contributed by atoms with Crippen LogP contribution in [0.15, 0.2) is 36.5 Å². The fourth-order valence-electron chi connectivity index (χ4n) is 3.41. The number of nitrogens with two attached hydrogens (primary N) is 1. The van der Waals surface area contributed by atoms with Gasteiger partial charge in [0.05, 0.1) is 25.0 Å². The summed E-state index contributed by atoms with van der Waals surface area (Å²) in [5.74, 6) is -0.985. The van der Waals surface area contributed by atoms with Crippen molar-refractivity contribution in [2.24, 2.45) is 5.92 Å². The Kier molecular flexibility index (Phi) is 5.77. The molecule has 1 aromatic carbocycles. The van der Waals surface area contributed by atoms with Crippen LogP contribution in [0.25, 0.3) is 0 Å². The van der Waals surface area contributed by atoms with Crippen LogP contribution >= 0.6 is 0 Å². The predicted octanol–water partition coefficient (Wildman–Crippen LogP) is 2.75. The van der Waals surface area contributed by atoms with Crippen LogP contribution in [-0.2, 0) is 9.59 Å². The first-order valence-corrected chi connectivity index (χ1v) is 9.06. The number of ether oxygens (including phenoxy) is 1. The summed E-state index contributed by atoms with van der Waals surface area (Å²) >= 11 is 0. The van der Waals surface area contributed by atoms with Crippen LogP contribution in [0.5, 0.6) is 5.75 Å². The number of carbonyl (C=O) groups is 2. The number of amides is 2. The number of halogens is 1. The molecule has 2 atom stereocenters. The van der Waals surface area contributed by atoms with E-state index in [0.717, 1.165) is 12.0 Å². The summed E-state index contributed by atoms with van der Waals surface area (Å²) in [5.41, 5.74) is 6.79. The van der Waals surface area contributed by atoms with Crippen LogP contribution in [0.3, 0.4) is 0 Å². The Morgan fingerprint density at radius 3 is 2.68 bits per heavy atom. The number of likely N-dealkylation sites (tertiary alicyclic amines) is 1. The highest BCUT2D eigenvalue weighted by atomic mass is 19.1. The lowest BCUT2D eigenvalue weighted by Gasteiger charge is -2.38. The third kappa shape index (κ3) is 4.21. The minimum Gasteiger partial charge on any atom is -0.493 e. The summed E-state index contributed by atoms with van der Waals surface area (Å²) in [7, 11) is 1.44. The molecular formula is C20H23FN4O3. The van der Waals surface area contributed by atoms with Crippen LogP contribution in [0.4, 0.5) is 15.9 Å². The Labute approximate surface area is 162 Å². The van der Waals surface area contributed by atoms with E-state index in [0.29, 0.717) is 24.4 Å². The van der Waals surface area contributed by atoms with Crippen molar-refractivity contribution in [2.75, 3.05) is 24.7 Å². The molecule has 148 valence electrons. The molecule has 2 aromatic rings. The van der Waals surface area contributed by atoms with Crippen LogP contribution in [0.1, 0.15) is 31.4 Å². The number of hydrogen-bond acceptors (Lipinski definition) is 5. The molecule has 0 aliphatic carbocycles. The summed E-state index contributed by atoms with van der Waals surface area (Å²) in [6.45, 7) is 2.49. The van der Waals surface area contributed by atoms with Crippen molar-refractivity contribution in [3.8, 4) is 5.75 Å². The number of pyridine rings is 1. The molecular weight excluding hydrogens is 363 g/mol. The van der Waals surface area contributed by atoms with E-state index in [-0.39, 0.29) is 23.6 Å². The van der Waals surface area contributed by atoms with Crippen molar-refractivity contribution in [3.05, 3.63) is 47.9 Å². The van der Waals surface area contributed by atoms with Gasteiger partial charge in [-0.2, -0.15) is 0 Å². The molecule has 1 aliphatic rings. The predicted molar refractivity (Wildman–Crippen MR) is 103 cm³/mol. The first-order valence-electron chi connectivity index (χ1n) is 9.06. The second kappa shape index (κ2) is 8.24. The molecule has 28 heavy (non-hydrogen) atoms. The molecule has 1 aliphatic heterocycles. The van der Waals surface area contributed by atoms with Crippen LogP contribution < -0.4 is 15.8 Å². The minimum atomic E-state index is -0.769. The highest BCUT2D eigenvalue weighted by molar-refractivity contribution is 6.39. The molecule has 3 N–H and O–H groups in total. The number of aromatic nitrogens is 1. The van der Waals surface area contributed by atoms with Crippen molar-refractivity contribution in [2.45, 2.75) is 25.8 Å². The molecule has 0 unspecified atom stereocenters. The van der Waals surface area contributed by atoms with Gasteiger partial charge in [-0.3, -0.25) is 9.59 Å². The minimum absolute atomic E-state index is 0.188. The maximum atomic E-state index is 13.3. The standard InChI is InChI=1S/C20H23FN4O3/c1-12-3-8-16(13-4-6-14(21)7-5-13)25(11-12)20(27)19(26)24-15-9-17(28-2)18(22)23-10-15/h4-7,9-10,12,16H,3,8,11H2,1-2H3,(H2,22,23)(H,24,26)/t12-,16+/m0/s1. The average Bonchev–Trinajstić information content (AvgIpc) is 2.69. The first-order chi connectivity index (χ1) is 13.4. The maximum absolute atomic E-state index is 13.3. The molecule has 1 saturated heterocycles. The molecule has 1 aromatic heterocycles. The van der Waals surface area contributed by atoms with Gasteiger partial charge < -0.3 is 20.7 Å². The zero-order chi connectivity index (χ0) is 20.3. The molecule has 0 bridgehead atoms. The summed E-state index contributed by atoms with van der Waals surface area (Å²) < 4.78 is 18.3. The van der Waals surface area contributed by atoms with Gasteiger partial charge in [-0.1, -0.05) is 19.1 Å². The Hall–Kier alpha value is -3.16. The zero-order valence-corrected chi connectivity index (χ0v) is 15.8. The van der Waals surface area contributed by atoms with Gasteiger partial charge in [0.25, 0.3) is 0 Å². The van der Waals surface area contributed by atoms with E-state index < -0.39 is 11.8 Å². The topological polar surface area (TPSA) is 97.5 Å². The van der Waals surface area contributed by atoms with E-state index in [9.17, 15) is 14.0 Å². The quantitative estimate of drug-likeness (QED) is 0.791. The van der Waals surface area contributed by atoms with Gasteiger partial charge in [0.2, 0.25) is 0 Å². The molecule has 1 fully saturated rings. The van der Waals surface area contributed by atoms with Gasteiger partial charge in [0, 0.05) is 12.6 Å². The lowest BCUT2D eigenvalue weighted by molar-refractivity contribution is -0.146. The Balaban J connectivity index is 1.79. The summed E-state index contributed by atoms with van der Waals surface area (Å²) in [6.07, 6.45) is 2.99. The maximum Gasteiger partial charge on any atom is 0.313 e. The second-order valence-corrected chi connectivity index (χ2v) is 6.97. The normalized spacial score (nSPS) is 19.2. The Morgan fingerprint density at radius 1 is 1.29 bits per heavy atom. The number of nitrogens with zero attached hydrogens (tertiary/aromatic N) is 2. The highest BCUT2D eigenvalue weighted by Gasteiger charge is 2.34. The van der Waals surface area contributed by atoms with E-state index in [1.54, 1.807) is 17.0 Å². The Bertz CT molecular complexity index is 872. The molecule has 7 nitrogen and oxygen atoms in total. The number of piperidine rings is 1. The van der Waals surface area contributed by atoms with Crippen molar-refractivity contribution in [3.63, 3.8) is 0 Å². The van der Waals surface area contributed by atoms with Gasteiger partial charge in [-0.25, -0.2) is 9.37 Å². The monoisotopic (exact) mass is 386 g/mol. The van der Waals surface area contributed by atoms with Crippen molar-refractivity contribution in [1.82, 2.24) is 9.88 Å². The Morgan fingerprint density at radius 2 is 2.00 bits per heavy atom. The van der Waals surface area contributed by atoms with E-state index in [2.05, 4.69) is 10.3 Å². The van der Waals surface area contributed by atoms with Gasteiger partial charge in [0.1, 0.15) is 5.82 Å². The summed E-state index contributed by atoms with van der Waals surface area (Å²) in [6, 6.07) is 7.27. The number of anilines is 2. The van der Waals surface area contributed by atoms with Crippen LogP contribution in [0.2, 0.25) is 0 Å². The third-order valence-electron chi connectivity index (χ3n) is 4.89. The lowest BCUT2D eigenvalue weighted by atomic mass is 9.90. The molecule has 8 heteroatoms. The number of hydrogen-bond donors (Lipinski definition) is 2. The van der Waals surface area contributed by atoms with Crippen molar-refractivity contribution < 1.29 is 18.7 Å². The zero-order valence-electron chi connectivity index (χ0n) is 15.8. The van der Waals surface area contributed by atoms with E-state index in [1.165, 1.54) is 31.5 Å². The van der Waals surface area contributed by atoms with Gasteiger partial charge in [-0.05, 0) is 36.5 Å². The number of carbonyl (C=O) groups excluding carboxylic acids is 2. The SMILES string of the molecule is COc1cc(NC(=O)C(=O)N2C[C@@H](C)CC[C@@H]2c2ccc(F)cc2)cnc1N. The number of benzene rings is 1. The largest absolute Gasteiger partial charge is 0.493 e.